The summed E-state index contributed by atoms with van der Waals surface area (Å²) in [5, 5.41) is 5.74. The Hall–Kier alpha value is -1.69. The number of nitrogens with one attached hydrogen (secondary N) is 2. The van der Waals surface area contributed by atoms with Gasteiger partial charge in [-0.15, -0.1) is 0 Å². The second-order valence-electron chi connectivity index (χ2n) is 5.77. The van der Waals surface area contributed by atoms with E-state index in [1.165, 1.54) is 0 Å². The number of nitrogens with zero attached hydrogens (tertiary/aromatic N) is 2. The summed E-state index contributed by atoms with van der Waals surface area (Å²) in [5.41, 5.74) is 0.558. The Labute approximate surface area is 113 Å². The molecule has 19 heavy (non-hydrogen) atoms. The Kier molecular flexibility index (Phi) is 3.99. The summed E-state index contributed by atoms with van der Waals surface area (Å²) in [6.45, 7) is 7.53. The molecule has 1 saturated heterocycles. The van der Waals surface area contributed by atoms with Gasteiger partial charge in [0.2, 0.25) is 5.95 Å². The highest BCUT2D eigenvalue weighted by Gasteiger charge is 2.18. The highest BCUT2D eigenvalue weighted by molar-refractivity contribution is 5.82. The van der Waals surface area contributed by atoms with E-state index >= 15 is 0 Å². The van der Waals surface area contributed by atoms with Crippen molar-refractivity contribution in [3.05, 3.63) is 18.0 Å². The molecule has 0 atom stereocenters. The van der Waals surface area contributed by atoms with Crippen LogP contribution in [0, 0.1) is 5.92 Å². The molecule has 2 heterocycles. The van der Waals surface area contributed by atoms with Crippen LogP contribution >= 0.6 is 0 Å². The van der Waals surface area contributed by atoms with Crippen molar-refractivity contribution in [2.24, 2.45) is 5.92 Å². The lowest BCUT2D eigenvalue weighted by Gasteiger charge is -2.26. The van der Waals surface area contributed by atoms with E-state index in [0.717, 1.165) is 25.1 Å². The molecule has 0 unspecified atom stereocenters. The Balaban J connectivity index is 1.85. The SMILES string of the molecule is CC(C)(C)OC(=O)Nc1ncc(CC2CNC2)cn1. The maximum absolute atomic E-state index is 11.5. The smallest absolute Gasteiger partial charge is 0.414 e. The molecule has 1 amide bonds. The van der Waals surface area contributed by atoms with Gasteiger partial charge in [0.25, 0.3) is 0 Å². The van der Waals surface area contributed by atoms with Crippen molar-refractivity contribution >= 4 is 12.0 Å². The van der Waals surface area contributed by atoms with Crippen LogP contribution in [0.5, 0.6) is 0 Å². The van der Waals surface area contributed by atoms with E-state index in [2.05, 4.69) is 20.6 Å². The molecule has 2 rings (SSSR count). The van der Waals surface area contributed by atoms with Gasteiger partial charge in [0.15, 0.2) is 0 Å². The van der Waals surface area contributed by atoms with Gasteiger partial charge < -0.3 is 10.1 Å². The fraction of sp³-hybridized carbons (Fsp3) is 0.615. The van der Waals surface area contributed by atoms with Crippen molar-refractivity contribution in [2.75, 3.05) is 18.4 Å². The summed E-state index contributed by atoms with van der Waals surface area (Å²) in [5.74, 6) is 0.943. The Bertz CT molecular complexity index is 435. The molecule has 2 N–H and O–H groups in total. The van der Waals surface area contributed by atoms with E-state index in [9.17, 15) is 4.79 Å². The molecule has 6 nitrogen and oxygen atoms in total. The Morgan fingerprint density at radius 3 is 2.53 bits per heavy atom. The van der Waals surface area contributed by atoms with Crippen LogP contribution in [0.3, 0.4) is 0 Å². The average Bonchev–Trinajstić information content (AvgIpc) is 2.23. The first-order valence-electron chi connectivity index (χ1n) is 6.44. The number of rotatable bonds is 3. The molecule has 0 aliphatic carbocycles. The number of carbonyl (C=O) groups excluding carboxylic acids is 1. The zero-order chi connectivity index (χ0) is 13.9. The van der Waals surface area contributed by atoms with Crippen LogP contribution in [-0.2, 0) is 11.2 Å². The fourth-order valence-corrected chi connectivity index (χ4v) is 1.75. The van der Waals surface area contributed by atoms with Crippen molar-refractivity contribution in [2.45, 2.75) is 32.8 Å². The van der Waals surface area contributed by atoms with E-state index < -0.39 is 11.7 Å². The minimum Gasteiger partial charge on any atom is -0.444 e. The first-order chi connectivity index (χ1) is 8.92. The van der Waals surface area contributed by atoms with Gasteiger partial charge in [-0.3, -0.25) is 5.32 Å². The maximum atomic E-state index is 11.5. The largest absolute Gasteiger partial charge is 0.444 e. The first kappa shape index (κ1) is 13.7. The lowest BCUT2D eigenvalue weighted by molar-refractivity contribution is 0.0634. The van der Waals surface area contributed by atoms with Gasteiger partial charge in [-0.25, -0.2) is 14.8 Å². The van der Waals surface area contributed by atoms with Gasteiger partial charge in [0, 0.05) is 12.4 Å². The minimum absolute atomic E-state index is 0.268. The number of amides is 1. The third-order valence-electron chi connectivity index (χ3n) is 2.71. The van der Waals surface area contributed by atoms with Crippen LogP contribution < -0.4 is 10.6 Å². The highest BCUT2D eigenvalue weighted by atomic mass is 16.6. The Morgan fingerprint density at radius 2 is 2.05 bits per heavy atom. The van der Waals surface area contributed by atoms with Crippen molar-refractivity contribution in [1.82, 2.24) is 15.3 Å². The van der Waals surface area contributed by atoms with Crippen molar-refractivity contribution < 1.29 is 9.53 Å². The van der Waals surface area contributed by atoms with Crippen LogP contribution in [0.15, 0.2) is 12.4 Å². The number of hydrogen-bond acceptors (Lipinski definition) is 5. The van der Waals surface area contributed by atoms with E-state index in [-0.39, 0.29) is 5.95 Å². The monoisotopic (exact) mass is 264 g/mol. The Morgan fingerprint density at radius 1 is 1.42 bits per heavy atom. The number of aromatic nitrogens is 2. The van der Waals surface area contributed by atoms with Gasteiger partial charge in [-0.05, 0) is 51.8 Å². The third kappa shape index (κ3) is 4.48. The van der Waals surface area contributed by atoms with Gasteiger partial charge in [-0.2, -0.15) is 0 Å². The van der Waals surface area contributed by atoms with Crippen LogP contribution in [0.4, 0.5) is 10.7 Å². The summed E-state index contributed by atoms with van der Waals surface area (Å²) in [6.07, 6.45) is 3.93. The van der Waals surface area contributed by atoms with Crippen molar-refractivity contribution in [1.29, 1.82) is 0 Å². The molecule has 1 aliphatic heterocycles. The molecular weight excluding hydrogens is 244 g/mol. The number of anilines is 1. The van der Waals surface area contributed by atoms with Crippen LogP contribution in [0.25, 0.3) is 0 Å². The van der Waals surface area contributed by atoms with Gasteiger partial charge in [0.1, 0.15) is 5.60 Å². The second kappa shape index (κ2) is 5.52. The van der Waals surface area contributed by atoms with Crippen LogP contribution in [0.1, 0.15) is 26.3 Å². The summed E-state index contributed by atoms with van der Waals surface area (Å²) in [7, 11) is 0. The zero-order valence-electron chi connectivity index (χ0n) is 11.6. The topological polar surface area (TPSA) is 76.1 Å². The van der Waals surface area contributed by atoms with E-state index in [4.69, 9.17) is 4.74 Å². The molecule has 0 spiro atoms. The lowest BCUT2D eigenvalue weighted by Crippen LogP contribution is -2.43. The van der Waals surface area contributed by atoms with Gasteiger partial charge >= 0.3 is 6.09 Å². The summed E-state index contributed by atoms with van der Waals surface area (Å²) in [6, 6.07) is 0. The van der Waals surface area contributed by atoms with E-state index in [1.54, 1.807) is 12.4 Å². The molecule has 104 valence electrons. The average molecular weight is 264 g/mol. The maximum Gasteiger partial charge on any atom is 0.414 e. The molecule has 1 fully saturated rings. The molecule has 1 aromatic heterocycles. The quantitative estimate of drug-likeness (QED) is 0.867. The zero-order valence-corrected chi connectivity index (χ0v) is 11.6. The summed E-state index contributed by atoms with van der Waals surface area (Å²) < 4.78 is 5.12. The molecule has 1 aromatic rings. The molecule has 1 aliphatic rings. The second-order valence-corrected chi connectivity index (χ2v) is 5.77. The van der Waals surface area contributed by atoms with Gasteiger partial charge in [0.05, 0.1) is 0 Å². The highest BCUT2D eigenvalue weighted by Crippen LogP contribution is 2.12. The molecule has 0 radical (unpaired) electrons. The first-order valence-corrected chi connectivity index (χ1v) is 6.44. The normalized spacial score (nSPS) is 15.7. The molecular formula is C13H20N4O2. The predicted octanol–water partition coefficient (Wildman–Crippen LogP) is 1.59. The van der Waals surface area contributed by atoms with Crippen molar-refractivity contribution in [3.8, 4) is 0 Å². The van der Waals surface area contributed by atoms with Crippen LogP contribution in [-0.4, -0.2) is 34.8 Å². The third-order valence-corrected chi connectivity index (χ3v) is 2.71. The van der Waals surface area contributed by atoms with E-state index in [1.807, 2.05) is 20.8 Å². The summed E-state index contributed by atoms with van der Waals surface area (Å²) >= 11 is 0. The number of carbonyl (C=O) groups is 1. The molecule has 0 bridgehead atoms. The van der Waals surface area contributed by atoms with Crippen LogP contribution in [0.2, 0.25) is 0 Å². The van der Waals surface area contributed by atoms with E-state index in [0.29, 0.717) is 5.92 Å². The minimum atomic E-state index is -0.538. The fourth-order valence-electron chi connectivity index (χ4n) is 1.75. The number of hydrogen-bond donors (Lipinski definition) is 2. The lowest BCUT2D eigenvalue weighted by atomic mass is 9.96. The standard InChI is InChI=1S/C13H20N4O2/c1-13(2,3)19-12(18)17-11-15-7-10(8-16-11)4-9-5-14-6-9/h7-9,14H,4-6H2,1-3H3,(H,15,16,17,18). The molecule has 6 heteroatoms. The van der Waals surface area contributed by atoms with Gasteiger partial charge in [-0.1, -0.05) is 0 Å². The molecule has 0 aromatic carbocycles. The predicted molar refractivity (Wildman–Crippen MR) is 72.0 cm³/mol. The summed E-state index contributed by atoms with van der Waals surface area (Å²) in [4.78, 5) is 19.8. The number of ether oxygens (including phenoxy) is 1. The molecule has 0 saturated carbocycles. The van der Waals surface area contributed by atoms with Crippen molar-refractivity contribution in [3.63, 3.8) is 0 Å².